The molecule has 1 amide bonds. The number of nitrogens with zero attached hydrogens (tertiary/aromatic N) is 3. The molecule has 2 saturated heterocycles. The fourth-order valence-corrected chi connectivity index (χ4v) is 3.48. The van der Waals surface area contributed by atoms with Crippen molar-refractivity contribution >= 4 is 11.6 Å². The van der Waals surface area contributed by atoms with Crippen molar-refractivity contribution in [3.05, 3.63) is 39.4 Å². The van der Waals surface area contributed by atoms with E-state index in [1.165, 1.54) is 4.90 Å². The van der Waals surface area contributed by atoms with E-state index < -0.39 is 28.3 Å². The molecule has 142 valence electrons. The number of nitro groups is 1. The number of rotatable bonds is 3. The lowest BCUT2D eigenvalue weighted by atomic mass is 10.1. The molecular weight excluding hydrogens is 353 g/mol. The molecule has 26 heavy (non-hydrogen) atoms. The molecule has 2 aliphatic rings. The quantitative estimate of drug-likeness (QED) is 0.646. The number of hydrogen-bond donors (Lipinski definition) is 1. The first-order valence-corrected chi connectivity index (χ1v) is 8.37. The number of carbonyl (C=O) groups is 1. The molecule has 0 saturated carbocycles. The second-order valence-corrected chi connectivity index (χ2v) is 6.47. The number of benzene rings is 1. The lowest BCUT2D eigenvalue weighted by molar-refractivity contribution is -0.385. The van der Waals surface area contributed by atoms with Crippen molar-refractivity contribution in [1.29, 1.82) is 0 Å². The maximum atomic E-state index is 12.8. The van der Waals surface area contributed by atoms with E-state index in [-0.39, 0.29) is 11.6 Å². The monoisotopic (exact) mass is 372 g/mol. The van der Waals surface area contributed by atoms with Gasteiger partial charge in [0.2, 0.25) is 0 Å². The van der Waals surface area contributed by atoms with Gasteiger partial charge in [-0.25, -0.2) is 0 Å². The largest absolute Gasteiger partial charge is 0.416 e. The van der Waals surface area contributed by atoms with E-state index in [1.54, 1.807) is 0 Å². The van der Waals surface area contributed by atoms with Crippen molar-refractivity contribution in [3.63, 3.8) is 0 Å². The summed E-state index contributed by atoms with van der Waals surface area (Å²) in [5, 5.41) is 14.4. The summed E-state index contributed by atoms with van der Waals surface area (Å²) in [6, 6.07) is 2.22. The van der Waals surface area contributed by atoms with Gasteiger partial charge in [-0.3, -0.25) is 19.8 Å². The summed E-state index contributed by atoms with van der Waals surface area (Å²) in [4.78, 5) is 26.7. The van der Waals surface area contributed by atoms with Crippen LogP contribution in [0.15, 0.2) is 18.2 Å². The van der Waals surface area contributed by atoms with Gasteiger partial charge in [-0.15, -0.1) is 0 Å². The molecule has 3 rings (SSSR count). The Morgan fingerprint density at radius 1 is 1.23 bits per heavy atom. The van der Waals surface area contributed by atoms with Gasteiger partial charge >= 0.3 is 6.18 Å². The molecule has 2 fully saturated rings. The summed E-state index contributed by atoms with van der Waals surface area (Å²) >= 11 is 0. The van der Waals surface area contributed by atoms with Crippen LogP contribution in [0.5, 0.6) is 0 Å². The standard InChI is InChI=1S/C16H19F3N4O3/c17-16(18,19)11-1-2-13(14(9-11)23(25)26)15(24)22-6-3-12(10-22)21-7-4-20-5-8-21/h1-2,9,12,20H,3-8,10H2. The molecule has 1 aromatic carbocycles. The van der Waals surface area contributed by atoms with Crippen molar-refractivity contribution in [1.82, 2.24) is 15.1 Å². The third kappa shape index (κ3) is 3.80. The topological polar surface area (TPSA) is 78.7 Å². The Kier molecular flexibility index (Phi) is 5.15. The molecule has 0 aromatic heterocycles. The lowest BCUT2D eigenvalue weighted by Gasteiger charge is -2.32. The molecule has 1 unspecified atom stereocenters. The highest BCUT2D eigenvalue weighted by Crippen LogP contribution is 2.33. The fraction of sp³-hybridized carbons (Fsp3) is 0.562. The summed E-state index contributed by atoms with van der Waals surface area (Å²) in [7, 11) is 0. The van der Waals surface area contributed by atoms with Crippen LogP contribution in [-0.2, 0) is 6.18 Å². The summed E-state index contributed by atoms with van der Waals surface area (Å²) in [5.74, 6) is -0.594. The molecule has 2 aliphatic heterocycles. The van der Waals surface area contributed by atoms with E-state index in [0.717, 1.165) is 38.7 Å². The van der Waals surface area contributed by atoms with E-state index in [0.29, 0.717) is 25.2 Å². The van der Waals surface area contributed by atoms with Crippen molar-refractivity contribution in [2.45, 2.75) is 18.6 Å². The summed E-state index contributed by atoms with van der Waals surface area (Å²) in [6.07, 6.45) is -3.95. The van der Waals surface area contributed by atoms with Gasteiger partial charge < -0.3 is 10.2 Å². The average Bonchev–Trinajstić information content (AvgIpc) is 3.10. The molecule has 2 heterocycles. The number of nitrogens with one attached hydrogen (secondary N) is 1. The van der Waals surface area contributed by atoms with Gasteiger partial charge in [-0.05, 0) is 18.6 Å². The molecule has 1 N–H and O–H groups in total. The molecule has 10 heteroatoms. The van der Waals surface area contributed by atoms with Gasteiger partial charge in [0.05, 0.1) is 10.5 Å². The smallest absolute Gasteiger partial charge is 0.337 e. The highest BCUT2D eigenvalue weighted by atomic mass is 19.4. The van der Waals surface area contributed by atoms with Crippen LogP contribution in [0, 0.1) is 10.1 Å². The zero-order valence-corrected chi connectivity index (χ0v) is 14.0. The average molecular weight is 372 g/mol. The van der Waals surface area contributed by atoms with Crippen molar-refractivity contribution in [3.8, 4) is 0 Å². The maximum absolute atomic E-state index is 12.8. The lowest BCUT2D eigenvalue weighted by Crippen LogP contribution is -2.49. The summed E-state index contributed by atoms with van der Waals surface area (Å²) < 4.78 is 38.4. The molecule has 1 atom stereocenters. The second-order valence-electron chi connectivity index (χ2n) is 6.47. The minimum Gasteiger partial charge on any atom is -0.337 e. The molecular formula is C16H19F3N4O3. The molecule has 0 radical (unpaired) electrons. The molecule has 1 aromatic rings. The number of halogens is 3. The first kappa shape index (κ1) is 18.6. The van der Waals surface area contributed by atoms with Crippen LogP contribution >= 0.6 is 0 Å². The summed E-state index contributed by atoms with van der Waals surface area (Å²) in [5.41, 5.74) is -2.25. The van der Waals surface area contributed by atoms with Gasteiger partial charge in [-0.2, -0.15) is 13.2 Å². The molecule has 0 bridgehead atoms. The van der Waals surface area contributed by atoms with Crippen molar-refractivity contribution in [2.75, 3.05) is 39.3 Å². The van der Waals surface area contributed by atoms with E-state index in [4.69, 9.17) is 0 Å². The van der Waals surface area contributed by atoms with Crippen molar-refractivity contribution < 1.29 is 22.9 Å². The van der Waals surface area contributed by atoms with Crippen LogP contribution in [0.25, 0.3) is 0 Å². The summed E-state index contributed by atoms with van der Waals surface area (Å²) in [6.45, 7) is 4.34. The Bertz CT molecular complexity index is 704. The van der Waals surface area contributed by atoms with Gasteiger partial charge in [0.1, 0.15) is 5.56 Å². The van der Waals surface area contributed by atoms with E-state index in [9.17, 15) is 28.1 Å². The number of carbonyl (C=O) groups excluding carboxylic acids is 1. The second kappa shape index (κ2) is 7.20. The molecule has 7 nitrogen and oxygen atoms in total. The van der Waals surface area contributed by atoms with Gasteiger partial charge in [0, 0.05) is 51.4 Å². The normalized spacial score (nSPS) is 21.8. The Morgan fingerprint density at radius 2 is 1.92 bits per heavy atom. The van der Waals surface area contributed by atoms with Crippen LogP contribution in [0.4, 0.5) is 18.9 Å². The maximum Gasteiger partial charge on any atom is 0.416 e. The third-order valence-corrected chi connectivity index (χ3v) is 4.87. The number of alkyl halides is 3. The molecule has 0 spiro atoms. The van der Waals surface area contributed by atoms with E-state index >= 15 is 0 Å². The van der Waals surface area contributed by atoms with Crippen molar-refractivity contribution in [2.24, 2.45) is 0 Å². The number of likely N-dealkylation sites (tertiary alicyclic amines) is 1. The van der Waals surface area contributed by atoms with E-state index in [1.807, 2.05) is 0 Å². The van der Waals surface area contributed by atoms with Crippen LogP contribution in [0.2, 0.25) is 0 Å². The predicted molar refractivity (Wildman–Crippen MR) is 86.8 cm³/mol. The number of amides is 1. The Balaban J connectivity index is 1.78. The predicted octanol–water partition coefficient (Wildman–Crippen LogP) is 1.73. The van der Waals surface area contributed by atoms with Gasteiger partial charge in [-0.1, -0.05) is 0 Å². The highest BCUT2D eigenvalue weighted by Gasteiger charge is 2.37. The van der Waals surface area contributed by atoms with Crippen LogP contribution in [-0.4, -0.2) is 65.9 Å². The van der Waals surface area contributed by atoms with Gasteiger partial charge in [0.25, 0.3) is 11.6 Å². The fourth-order valence-electron chi connectivity index (χ4n) is 3.48. The Labute approximate surface area is 147 Å². The zero-order valence-electron chi connectivity index (χ0n) is 14.0. The van der Waals surface area contributed by atoms with Crippen LogP contribution in [0.3, 0.4) is 0 Å². The third-order valence-electron chi connectivity index (χ3n) is 4.87. The minimum atomic E-state index is -4.70. The zero-order chi connectivity index (χ0) is 18.9. The Hall–Kier alpha value is -2.20. The number of piperazine rings is 1. The van der Waals surface area contributed by atoms with E-state index in [2.05, 4.69) is 10.2 Å². The minimum absolute atomic E-state index is 0.176. The van der Waals surface area contributed by atoms with Crippen LogP contribution < -0.4 is 5.32 Å². The highest BCUT2D eigenvalue weighted by molar-refractivity contribution is 5.98. The SMILES string of the molecule is O=C(c1ccc(C(F)(F)F)cc1[N+](=O)[O-])N1CCC(N2CCNCC2)C1. The number of hydrogen-bond acceptors (Lipinski definition) is 5. The number of nitro benzene ring substituents is 1. The Morgan fingerprint density at radius 3 is 2.54 bits per heavy atom. The van der Waals surface area contributed by atoms with Crippen LogP contribution in [0.1, 0.15) is 22.3 Å². The molecule has 0 aliphatic carbocycles. The van der Waals surface area contributed by atoms with Gasteiger partial charge in [0.15, 0.2) is 0 Å². The first-order chi connectivity index (χ1) is 12.3. The first-order valence-electron chi connectivity index (χ1n) is 8.37.